The lowest BCUT2D eigenvalue weighted by atomic mass is 9.86. The molecular formula is C27H30FNO2. The van der Waals surface area contributed by atoms with E-state index in [1.807, 2.05) is 56.3 Å². The van der Waals surface area contributed by atoms with Crippen LogP contribution in [-0.4, -0.2) is 17.6 Å². The first-order valence-electron chi connectivity index (χ1n) is 10.6. The third kappa shape index (κ3) is 6.17. The molecule has 2 atom stereocenters. The van der Waals surface area contributed by atoms with E-state index < -0.39 is 5.60 Å². The van der Waals surface area contributed by atoms with Crippen LogP contribution in [-0.2, 0) is 11.2 Å². The van der Waals surface area contributed by atoms with Gasteiger partial charge in [-0.2, -0.15) is 0 Å². The van der Waals surface area contributed by atoms with E-state index in [-0.39, 0.29) is 23.7 Å². The van der Waals surface area contributed by atoms with Gasteiger partial charge in [0.05, 0.1) is 0 Å². The summed E-state index contributed by atoms with van der Waals surface area (Å²) in [4.78, 5) is 13.1. The van der Waals surface area contributed by atoms with Gasteiger partial charge in [-0.15, -0.1) is 0 Å². The smallest absolute Gasteiger partial charge is 0.263 e. The molecule has 0 heterocycles. The number of rotatable bonds is 8. The van der Waals surface area contributed by atoms with Crippen molar-refractivity contribution < 1.29 is 13.9 Å². The van der Waals surface area contributed by atoms with E-state index in [1.165, 1.54) is 12.1 Å². The van der Waals surface area contributed by atoms with Crippen LogP contribution >= 0.6 is 0 Å². The predicted octanol–water partition coefficient (Wildman–Crippen LogP) is 5.82. The Morgan fingerprint density at radius 3 is 2.19 bits per heavy atom. The van der Waals surface area contributed by atoms with Crippen LogP contribution in [0.15, 0.2) is 78.9 Å². The molecule has 3 aromatic carbocycles. The summed E-state index contributed by atoms with van der Waals surface area (Å²) in [6.45, 7) is 7.55. The molecule has 0 aliphatic rings. The second-order valence-corrected chi connectivity index (χ2v) is 8.54. The lowest BCUT2D eigenvalue weighted by Crippen LogP contribution is -2.51. The molecule has 0 saturated carbocycles. The fourth-order valence-electron chi connectivity index (χ4n) is 3.59. The van der Waals surface area contributed by atoms with Crippen molar-refractivity contribution in [2.45, 2.75) is 51.7 Å². The highest BCUT2D eigenvalue weighted by Crippen LogP contribution is 2.26. The molecule has 3 aromatic rings. The van der Waals surface area contributed by atoms with Gasteiger partial charge in [0.2, 0.25) is 0 Å². The molecule has 0 aliphatic heterocycles. The standard InChI is InChI=1S/C27H30FNO2/c1-19-10-16-24(17-11-19)31-27(3,4)26(30)29-20(2)25(22-8-6-5-7-9-22)18-21-12-14-23(28)15-13-21/h5-17,20,25H,18H2,1-4H3,(H,29,30). The van der Waals surface area contributed by atoms with Crippen molar-refractivity contribution in [3.05, 3.63) is 101 Å². The molecule has 3 rings (SSSR count). The van der Waals surface area contributed by atoms with E-state index in [0.717, 1.165) is 16.7 Å². The Kier molecular flexibility index (Phi) is 7.11. The number of hydrogen-bond acceptors (Lipinski definition) is 2. The van der Waals surface area contributed by atoms with E-state index in [9.17, 15) is 9.18 Å². The third-order valence-electron chi connectivity index (χ3n) is 5.50. The summed E-state index contributed by atoms with van der Waals surface area (Å²) in [6.07, 6.45) is 0.686. The van der Waals surface area contributed by atoms with Crippen molar-refractivity contribution in [2.75, 3.05) is 0 Å². The molecule has 31 heavy (non-hydrogen) atoms. The molecule has 3 nitrogen and oxygen atoms in total. The summed E-state index contributed by atoms with van der Waals surface area (Å²) in [5.41, 5.74) is 2.25. The largest absolute Gasteiger partial charge is 0.478 e. The quantitative estimate of drug-likeness (QED) is 0.499. The Hall–Kier alpha value is -3.14. The average Bonchev–Trinajstić information content (AvgIpc) is 2.75. The highest BCUT2D eigenvalue weighted by atomic mass is 19.1. The van der Waals surface area contributed by atoms with Crippen molar-refractivity contribution in [2.24, 2.45) is 0 Å². The third-order valence-corrected chi connectivity index (χ3v) is 5.50. The van der Waals surface area contributed by atoms with Gasteiger partial charge < -0.3 is 10.1 Å². The Balaban J connectivity index is 1.75. The molecule has 0 bridgehead atoms. The van der Waals surface area contributed by atoms with Crippen LogP contribution in [0.4, 0.5) is 4.39 Å². The number of aryl methyl sites for hydroxylation is 1. The van der Waals surface area contributed by atoms with E-state index >= 15 is 0 Å². The number of halogens is 1. The Labute approximate surface area is 184 Å². The van der Waals surface area contributed by atoms with Crippen molar-refractivity contribution >= 4 is 5.91 Å². The minimum absolute atomic E-state index is 0.0331. The lowest BCUT2D eigenvalue weighted by molar-refractivity contribution is -0.135. The van der Waals surface area contributed by atoms with Gasteiger partial charge in [0.1, 0.15) is 11.6 Å². The number of nitrogens with one attached hydrogen (secondary N) is 1. The molecule has 0 aromatic heterocycles. The average molecular weight is 420 g/mol. The number of benzene rings is 3. The summed E-state index contributed by atoms with van der Waals surface area (Å²) in [5, 5.41) is 3.14. The first-order valence-corrected chi connectivity index (χ1v) is 10.6. The van der Waals surface area contributed by atoms with Crippen molar-refractivity contribution in [1.29, 1.82) is 0 Å². The minimum atomic E-state index is -1.03. The molecule has 0 saturated heterocycles. The number of ether oxygens (including phenoxy) is 1. The van der Waals surface area contributed by atoms with Crippen molar-refractivity contribution in [3.8, 4) is 5.75 Å². The number of carbonyl (C=O) groups excluding carboxylic acids is 1. The Morgan fingerprint density at radius 1 is 0.968 bits per heavy atom. The molecule has 1 amide bonds. The Bertz CT molecular complexity index is 982. The van der Waals surface area contributed by atoms with Crippen LogP contribution in [0.2, 0.25) is 0 Å². The maximum absolute atomic E-state index is 13.3. The van der Waals surface area contributed by atoms with Gasteiger partial charge in [0.15, 0.2) is 5.60 Å². The second-order valence-electron chi connectivity index (χ2n) is 8.54. The molecular weight excluding hydrogens is 389 g/mol. The van der Waals surface area contributed by atoms with E-state index in [4.69, 9.17) is 4.74 Å². The van der Waals surface area contributed by atoms with Crippen LogP contribution in [0.25, 0.3) is 0 Å². The minimum Gasteiger partial charge on any atom is -0.478 e. The van der Waals surface area contributed by atoms with E-state index in [0.29, 0.717) is 12.2 Å². The second kappa shape index (κ2) is 9.78. The predicted molar refractivity (Wildman–Crippen MR) is 123 cm³/mol. The zero-order valence-electron chi connectivity index (χ0n) is 18.6. The zero-order valence-corrected chi connectivity index (χ0v) is 18.6. The summed E-state index contributed by atoms with van der Waals surface area (Å²) in [5.74, 6) is 0.257. The van der Waals surface area contributed by atoms with Gasteiger partial charge in [-0.1, -0.05) is 60.2 Å². The number of amides is 1. The maximum atomic E-state index is 13.3. The maximum Gasteiger partial charge on any atom is 0.263 e. The summed E-state index contributed by atoms with van der Waals surface area (Å²) >= 11 is 0. The first kappa shape index (κ1) is 22.5. The van der Waals surface area contributed by atoms with E-state index in [2.05, 4.69) is 17.4 Å². The Morgan fingerprint density at radius 2 is 1.58 bits per heavy atom. The molecule has 1 N–H and O–H groups in total. The van der Waals surface area contributed by atoms with Crippen LogP contribution < -0.4 is 10.1 Å². The molecule has 2 unspecified atom stereocenters. The molecule has 162 valence electrons. The first-order chi connectivity index (χ1) is 14.7. The number of hydrogen-bond donors (Lipinski definition) is 1. The summed E-state index contributed by atoms with van der Waals surface area (Å²) in [6, 6.07) is 24.1. The topological polar surface area (TPSA) is 38.3 Å². The van der Waals surface area contributed by atoms with Crippen molar-refractivity contribution in [1.82, 2.24) is 5.32 Å². The monoisotopic (exact) mass is 419 g/mol. The summed E-state index contributed by atoms with van der Waals surface area (Å²) in [7, 11) is 0. The van der Waals surface area contributed by atoms with Gasteiger partial charge in [-0.3, -0.25) is 4.79 Å². The fourth-order valence-corrected chi connectivity index (χ4v) is 3.59. The van der Waals surface area contributed by atoms with Gasteiger partial charge in [0.25, 0.3) is 5.91 Å². The van der Waals surface area contributed by atoms with Crippen LogP contribution in [0, 0.1) is 12.7 Å². The van der Waals surface area contributed by atoms with Gasteiger partial charge in [-0.25, -0.2) is 4.39 Å². The van der Waals surface area contributed by atoms with Crippen LogP contribution in [0.1, 0.15) is 43.4 Å². The molecule has 0 aliphatic carbocycles. The van der Waals surface area contributed by atoms with Crippen LogP contribution in [0.5, 0.6) is 5.75 Å². The lowest BCUT2D eigenvalue weighted by Gasteiger charge is -2.31. The molecule has 0 fully saturated rings. The normalized spacial score (nSPS) is 13.3. The molecule has 0 spiro atoms. The zero-order chi connectivity index (χ0) is 22.4. The van der Waals surface area contributed by atoms with Gasteiger partial charge in [-0.05, 0) is 69.5 Å². The number of carbonyl (C=O) groups is 1. The van der Waals surface area contributed by atoms with Gasteiger partial charge in [0, 0.05) is 12.0 Å². The summed E-state index contributed by atoms with van der Waals surface area (Å²) < 4.78 is 19.3. The molecule has 0 radical (unpaired) electrons. The van der Waals surface area contributed by atoms with E-state index in [1.54, 1.807) is 26.0 Å². The SMILES string of the molecule is Cc1ccc(OC(C)(C)C(=O)NC(C)C(Cc2ccc(F)cc2)c2ccccc2)cc1. The highest BCUT2D eigenvalue weighted by Gasteiger charge is 2.32. The van der Waals surface area contributed by atoms with Crippen LogP contribution in [0.3, 0.4) is 0 Å². The molecule has 4 heteroatoms. The van der Waals surface area contributed by atoms with Crippen molar-refractivity contribution in [3.63, 3.8) is 0 Å². The fraction of sp³-hybridized carbons (Fsp3) is 0.296. The van der Waals surface area contributed by atoms with Gasteiger partial charge >= 0.3 is 0 Å². The highest BCUT2D eigenvalue weighted by molar-refractivity contribution is 5.85.